The van der Waals surface area contributed by atoms with Crippen molar-refractivity contribution >= 4 is 73.9 Å². The predicted octanol–water partition coefficient (Wildman–Crippen LogP) is 7.09. The molecule has 0 unspecified atom stereocenters. The van der Waals surface area contributed by atoms with E-state index in [0.717, 1.165) is 35.1 Å². The first-order valence-corrected chi connectivity index (χ1v) is 11.9. The molecule has 0 spiro atoms. The van der Waals surface area contributed by atoms with Crippen LogP contribution < -0.4 is 4.74 Å². The monoisotopic (exact) mass is 651 g/mol. The summed E-state index contributed by atoms with van der Waals surface area (Å²) in [5, 5.41) is 10.4. The second-order valence-corrected chi connectivity index (χ2v) is 9.63. The summed E-state index contributed by atoms with van der Waals surface area (Å²) in [4.78, 5) is 4.40. The van der Waals surface area contributed by atoms with Crippen molar-refractivity contribution in [2.45, 2.75) is 13.2 Å². The van der Waals surface area contributed by atoms with Crippen LogP contribution in [-0.4, -0.2) is 9.55 Å². The van der Waals surface area contributed by atoms with Gasteiger partial charge in [0.05, 0.1) is 37.1 Å². The van der Waals surface area contributed by atoms with E-state index in [9.17, 15) is 5.26 Å². The fourth-order valence-corrected chi connectivity index (χ4v) is 5.42. The van der Waals surface area contributed by atoms with Crippen LogP contribution in [0.1, 0.15) is 11.1 Å². The lowest BCUT2D eigenvalue weighted by atomic mass is 10.1. The second kappa shape index (κ2) is 10.0. The van der Waals surface area contributed by atoms with E-state index in [1.165, 1.54) is 0 Å². The quantitative estimate of drug-likeness (QED) is 0.165. The summed E-state index contributed by atoms with van der Waals surface area (Å²) >= 11 is 10.5. The third-order valence-electron chi connectivity index (χ3n) is 4.67. The SMILES string of the molecule is N#C/C(=C/c1cc(I)c(OCc2ccc(Cl)cc2)c(I)c1)Cn1cnc2ccccc21. The predicted molar refractivity (Wildman–Crippen MR) is 141 cm³/mol. The molecule has 0 aliphatic rings. The molecule has 0 saturated heterocycles. The Labute approximate surface area is 212 Å². The maximum Gasteiger partial charge on any atom is 0.146 e. The summed E-state index contributed by atoms with van der Waals surface area (Å²) < 4.78 is 10.0. The zero-order chi connectivity index (χ0) is 21.8. The van der Waals surface area contributed by atoms with Gasteiger partial charge in [-0.3, -0.25) is 0 Å². The molecule has 1 heterocycles. The molecule has 0 radical (unpaired) electrons. The Morgan fingerprint density at radius 3 is 2.52 bits per heavy atom. The number of hydrogen-bond acceptors (Lipinski definition) is 3. The van der Waals surface area contributed by atoms with Gasteiger partial charge in [-0.1, -0.05) is 35.9 Å². The van der Waals surface area contributed by atoms with Crippen LogP contribution in [0.2, 0.25) is 5.02 Å². The van der Waals surface area contributed by atoms with Gasteiger partial charge >= 0.3 is 0 Å². The molecule has 31 heavy (non-hydrogen) atoms. The van der Waals surface area contributed by atoms with Gasteiger partial charge in [0.2, 0.25) is 0 Å². The molecule has 3 aromatic carbocycles. The average molecular weight is 652 g/mol. The van der Waals surface area contributed by atoms with Gasteiger partial charge in [0.25, 0.3) is 0 Å². The number of imidazole rings is 1. The van der Waals surface area contributed by atoms with Crippen LogP contribution in [-0.2, 0) is 13.2 Å². The first-order chi connectivity index (χ1) is 15.0. The molecule has 0 N–H and O–H groups in total. The smallest absolute Gasteiger partial charge is 0.146 e. The number of nitrogens with zero attached hydrogens (tertiary/aromatic N) is 3. The molecule has 0 amide bonds. The largest absolute Gasteiger partial charge is 0.487 e. The number of aromatic nitrogens is 2. The topological polar surface area (TPSA) is 50.8 Å². The molecule has 0 bridgehead atoms. The number of rotatable bonds is 6. The van der Waals surface area contributed by atoms with E-state index >= 15 is 0 Å². The highest BCUT2D eigenvalue weighted by molar-refractivity contribution is 14.1. The van der Waals surface area contributed by atoms with Crippen molar-refractivity contribution in [3.05, 3.63) is 95.9 Å². The van der Waals surface area contributed by atoms with E-state index in [-0.39, 0.29) is 0 Å². The number of para-hydroxylation sites is 2. The maximum absolute atomic E-state index is 9.69. The number of benzene rings is 3. The Morgan fingerprint density at radius 1 is 1.10 bits per heavy atom. The summed E-state index contributed by atoms with van der Waals surface area (Å²) in [6, 6.07) is 21.9. The normalized spacial score (nSPS) is 11.5. The van der Waals surface area contributed by atoms with Crippen molar-refractivity contribution in [2.75, 3.05) is 0 Å². The highest BCUT2D eigenvalue weighted by Crippen LogP contribution is 2.31. The van der Waals surface area contributed by atoms with Crippen LogP contribution in [0.4, 0.5) is 0 Å². The van der Waals surface area contributed by atoms with Crippen molar-refractivity contribution in [2.24, 2.45) is 0 Å². The van der Waals surface area contributed by atoms with Crippen molar-refractivity contribution in [3.8, 4) is 11.8 Å². The summed E-state index contributed by atoms with van der Waals surface area (Å²) in [6.07, 6.45) is 3.69. The number of ether oxygens (including phenoxy) is 1. The zero-order valence-electron chi connectivity index (χ0n) is 16.2. The molecule has 0 fully saturated rings. The number of fused-ring (bicyclic) bond motifs is 1. The highest BCUT2D eigenvalue weighted by atomic mass is 127. The van der Waals surface area contributed by atoms with E-state index < -0.39 is 0 Å². The zero-order valence-corrected chi connectivity index (χ0v) is 21.3. The first-order valence-electron chi connectivity index (χ1n) is 9.40. The van der Waals surface area contributed by atoms with Crippen LogP contribution in [0, 0.1) is 18.5 Å². The van der Waals surface area contributed by atoms with Crippen molar-refractivity contribution < 1.29 is 4.74 Å². The lowest BCUT2D eigenvalue weighted by Gasteiger charge is -2.12. The summed E-state index contributed by atoms with van der Waals surface area (Å²) in [5.74, 6) is 0.840. The number of hydrogen-bond donors (Lipinski definition) is 0. The minimum atomic E-state index is 0.468. The summed E-state index contributed by atoms with van der Waals surface area (Å²) in [7, 11) is 0. The molecule has 7 heteroatoms. The van der Waals surface area contributed by atoms with Crippen LogP contribution >= 0.6 is 56.8 Å². The van der Waals surface area contributed by atoms with Gasteiger partial charge in [-0.05, 0) is 98.8 Å². The van der Waals surface area contributed by atoms with Crippen LogP contribution in [0.15, 0.2) is 72.6 Å². The lowest BCUT2D eigenvalue weighted by molar-refractivity contribution is 0.302. The van der Waals surface area contributed by atoms with Gasteiger partial charge in [-0.2, -0.15) is 5.26 Å². The molecular formula is C24H16ClI2N3O. The third kappa shape index (κ3) is 5.40. The molecule has 4 rings (SSSR count). The van der Waals surface area contributed by atoms with Gasteiger partial charge in [0, 0.05) is 10.6 Å². The Kier molecular flexibility index (Phi) is 7.15. The van der Waals surface area contributed by atoms with E-state index in [1.807, 2.05) is 71.3 Å². The average Bonchev–Trinajstić information content (AvgIpc) is 3.17. The van der Waals surface area contributed by atoms with Crippen molar-refractivity contribution in [1.82, 2.24) is 9.55 Å². The van der Waals surface area contributed by atoms with E-state index in [1.54, 1.807) is 6.33 Å². The summed E-state index contributed by atoms with van der Waals surface area (Å²) in [5.41, 5.74) is 4.61. The van der Waals surface area contributed by atoms with E-state index in [4.69, 9.17) is 16.3 Å². The number of nitriles is 1. The molecule has 0 saturated carbocycles. The van der Waals surface area contributed by atoms with Crippen LogP contribution in [0.25, 0.3) is 17.1 Å². The van der Waals surface area contributed by atoms with Gasteiger partial charge < -0.3 is 9.30 Å². The maximum atomic E-state index is 9.69. The molecule has 4 aromatic rings. The van der Waals surface area contributed by atoms with Crippen molar-refractivity contribution in [1.29, 1.82) is 5.26 Å². The summed E-state index contributed by atoms with van der Waals surface area (Å²) in [6.45, 7) is 0.939. The minimum absolute atomic E-state index is 0.468. The highest BCUT2D eigenvalue weighted by Gasteiger charge is 2.10. The molecule has 154 valence electrons. The Balaban J connectivity index is 1.54. The molecule has 0 aliphatic carbocycles. The minimum Gasteiger partial charge on any atom is -0.487 e. The molecule has 0 aliphatic heterocycles. The standard InChI is InChI=1S/C24H16ClI2N3O/c25-19-7-5-16(6-8-19)14-31-24-20(26)10-17(11-21(24)27)9-18(12-28)13-30-15-29-22-3-1-2-4-23(22)30/h1-11,15H,13-14H2/b18-9-. The van der Waals surface area contributed by atoms with E-state index in [0.29, 0.717) is 23.7 Å². The fourth-order valence-electron chi connectivity index (χ4n) is 3.17. The molecular weight excluding hydrogens is 636 g/mol. The first kappa shape index (κ1) is 22.1. The molecule has 0 atom stereocenters. The van der Waals surface area contributed by atoms with Crippen molar-refractivity contribution in [3.63, 3.8) is 0 Å². The number of allylic oxidation sites excluding steroid dienone is 1. The lowest BCUT2D eigenvalue weighted by Crippen LogP contribution is -2.00. The Morgan fingerprint density at radius 2 is 1.81 bits per heavy atom. The van der Waals surface area contributed by atoms with Crippen LogP contribution in [0.3, 0.4) is 0 Å². The molecule has 4 nitrogen and oxygen atoms in total. The van der Waals surface area contributed by atoms with Gasteiger partial charge in [0.1, 0.15) is 12.4 Å². The Bertz CT molecular complexity index is 1280. The van der Waals surface area contributed by atoms with Gasteiger partial charge in [-0.25, -0.2) is 4.98 Å². The number of halogens is 3. The fraction of sp³-hybridized carbons (Fsp3) is 0.0833. The molecule has 1 aromatic heterocycles. The van der Waals surface area contributed by atoms with Gasteiger partial charge in [-0.15, -0.1) is 0 Å². The second-order valence-electron chi connectivity index (χ2n) is 6.87. The van der Waals surface area contributed by atoms with Crippen LogP contribution in [0.5, 0.6) is 5.75 Å². The third-order valence-corrected chi connectivity index (χ3v) is 6.52. The Hall–Kier alpha value is -2.09. The van der Waals surface area contributed by atoms with E-state index in [2.05, 4.69) is 56.2 Å². The van der Waals surface area contributed by atoms with Gasteiger partial charge in [0.15, 0.2) is 0 Å².